The second kappa shape index (κ2) is 5.40. The fourth-order valence-corrected chi connectivity index (χ4v) is 4.55. The first kappa shape index (κ1) is 14.5. The normalized spacial score (nSPS) is 20.0. The van der Waals surface area contributed by atoms with Gasteiger partial charge in [-0.05, 0) is 31.0 Å². The van der Waals surface area contributed by atoms with Crippen molar-refractivity contribution in [1.82, 2.24) is 14.3 Å². The van der Waals surface area contributed by atoms with Crippen molar-refractivity contribution in [2.45, 2.75) is 23.8 Å². The number of halogens is 2. The van der Waals surface area contributed by atoms with E-state index in [4.69, 9.17) is 11.6 Å². The van der Waals surface area contributed by atoms with E-state index in [2.05, 4.69) is 9.97 Å². The minimum atomic E-state index is -3.95. The van der Waals surface area contributed by atoms with Crippen LogP contribution in [0.25, 0.3) is 0 Å². The van der Waals surface area contributed by atoms with Crippen molar-refractivity contribution in [1.29, 1.82) is 0 Å². The molecule has 112 valence electrons. The fraction of sp³-hybridized carbons (Fsp3) is 0.308. The Bertz CT molecular complexity index is 749. The van der Waals surface area contributed by atoms with E-state index in [0.29, 0.717) is 25.2 Å². The molecule has 8 heteroatoms. The van der Waals surface area contributed by atoms with Crippen molar-refractivity contribution < 1.29 is 12.8 Å². The van der Waals surface area contributed by atoms with Crippen molar-refractivity contribution in [3.05, 3.63) is 47.3 Å². The Morgan fingerprint density at radius 3 is 2.95 bits per heavy atom. The molecular weight excluding hydrogens is 317 g/mol. The van der Waals surface area contributed by atoms with E-state index >= 15 is 0 Å². The number of imidazole rings is 1. The number of sulfonamides is 1. The van der Waals surface area contributed by atoms with Crippen LogP contribution in [0.15, 0.2) is 35.5 Å². The summed E-state index contributed by atoms with van der Waals surface area (Å²) >= 11 is 5.80. The lowest BCUT2D eigenvalue weighted by Crippen LogP contribution is -2.31. The van der Waals surface area contributed by atoms with Crippen molar-refractivity contribution in [2.75, 3.05) is 6.54 Å². The Balaban J connectivity index is 2.03. The molecule has 5 nitrogen and oxygen atoms in total. The third-order valence-corrected chi connectivity index (χ3v) is 5.68. The summed E-state index contributed by atoms with van der Waals surface area (Å²) < 4.78 is 40.6. The monoisotopic (exact) mass is 329 g/mol. The molecule has 1 N–H and O–H groups in total. The van der Waals surface area contributed by atoms with Gasteiger partial charge in [0.15, 0.2) is 0 Å². The van der Waals surface area contributed by atoms with Crippen molar-refractivity contribution >= 4 is 21.6 Å². The first-order valence-electron chi connectivity index (χ1n) is 6.46. The van der Waals surface area contributed by atoms with Crippen LogP contribution in [0.2, 0.25) is 5.02 Å². The van der Waals surface area contributed by atoms with E-state index in [9.17, 15) is 12.8 Å². The standard InChI is InChI=1S/C13H13ClFN3O2S/c14-9-3-4-10(15)12(8-9)21(19,20)18-7-1-2-11(18)13-16-5-6-17-13/h3-6,8,11H,1-2,7H2,(H,16,17). The van der Waals surface area contributed by atoms with E-state index < -0.39 is 26.8 Å². The molecule has 2 heterocycles. The van der Waals surface area contributed by atoms with Crippen molar-refractivity contribution in [3.8, 4) is 0 Å². The molecule has 21 heavy (non-hydrogen) atoms. The number of rotatable bonds is 3. The Labute approximate surface area is 126 Å². The van der Waals surface area contributed by atoms with Crippen LogP contribution in [-0.2, 0) is 10.0 Å². The van der Waals surface area contributed by atoms with Gasteiger partial charge in [-0.2, -0.15) is 4.31 Å². The molecule has 1 aromatic heterocycles. The van der Waals surface area contributed by atoms with Gasteiger partial charge in [0.2, 0.25) is 10.0 Å². The van der Waals surface area contributed by atoms with Crippen LogP contribution in [0, 0.1) is 5.82 Å². The van der Waals surface area contributed by atoms with Crippen LogP contribution in [0.4, 0.5) is 4.39 Å². The van der Waals surface area contributed by atoms with E-state index in [1.54, 1.807) is 12.4 Å². The Hall–Kier alpha value is -1.44. The predicted octanol–water partition coefficient (Wildman–Crippen LogP) is 2.73. The summed E-state index contributed by atoms with van der Waals surface area (Å²) in [6.45, 7) is 0.333. The molecule has 0 bridgehead atoms. The van der Waals surface area contributed by atoms with E-state index in [0.717, 1.165) is 12.1 Å². The largest absolute Gasteiger partial charge is 0.347 e. The van der Waals surface area contributed by atoms with Crippen LogP contribution in [0.5, 0.6) is 0 Å². The van der Waals surface area contributed by atoms with Crippen LogP contribution < -0.4 is 0 Å². The first-order chi connectivity index (χ1) is 10.00. The van der Waals surface area contributed by atoms with Crippen LogP contribution >= 0.6 is 11.6 Å². The lowest BCUT2D eigenvalue weighted by Gasteiger charge is -2.22. The summed E-state index contributed by atoms with van der Waals surface area (Å²) in [7, 11) is -3.95. The summed E-state index contributed by atoms with van der Waals surface area (Å²) in [6.07, 6.45) is 4.55. The summed E-state index contributed by atoms with van der Waals surface area (Å²) in [4.78, 5) is 6.64. The molecular formula is C13H13ClFN3O2S. The van der Waals surface area contributed by atoms with Gasteiger partial charge in [-0.1, -0.05) is 11.6 Å². The fourth-order valence-electron chi connectivity index (χ4n) is 2.56. The number of nitrogens with zero attached hydrogens (tertiary/aromatic N) is 2. The lowest BCUT2D eigenvalue weighted by atomic mass is 10.2. The van der Waals surface area contributed by atoms with Crippen LogP contribution in [0.3, 0.4) is 0 Å². The third-order valence-electron chi connectivity index (χ3n) is 3.52. The molecule has 1 aliphatic heterocycles. The second-order valence-electron chi connectivity index (χ2n) is 4.82. The topological polar surface area (TPSA) is 66.1 Å². The highest BCUT2D eigenvalue weighted by molar-refractivity contribution is 7.89. The highest BCUT2D eigenvalue weighted by atomic mass is 35.5. The first-order valence-corrected chi connectivity index (χ1v) is 8.28. The minimum Gasteiger partial charge on any atom is -0.347 e. The quantitative estimate of drug-likeness (QED) is 0.941. The summed E-state index contributed by atoms with van der Waals surface area (Å²) in [5, 5.41) is 0.184. The smallest absolute Gasteiger partial charge is 0.246 e. The number of hydrogen-bond donors (Lipinski definition) is 1. The second-order valence-corrected chi connectivity index (χ2v) is 7.12. The summed E-state index contributed by atoms with van der Waals surface area (Å²) in [5.74, 6) is -0.233. The molecule has 0 radical (unpaired) electrons. The molecule has 3 rings (SSSR count). The van der Waals surface area contributed by atoms with Gasteiger partial charge in [0.05, 0.1) is 6.04 Å². The minimum absolute atomic E-state index is 0.184. The predicted molar refractivity (Wildman–Crippen MR) is 75.9 cm³/mol. The van der Waals surface area contributed by atoms with E-state index in [-0.39, 0.29) is 5.02 Å². The van der Waals surface area contributed by atoms with E-state index in [1.165, 1.54) is 10.4 Å². The lowest BCUT2D eigenvalue weighted by molar-refractivity contribution is 0.382. The zero-order valence-electron chi connectivity index (χ0n) is 11.0. The van der Waals surface area contributed by atoms with Gasteiger partial charge in [-0.15, -0.1) is 0 Å². The van der Waals surface area contributed by atoms with Gasteiger partial charge in [0, 0.05) is 24.0 Å². The van der Waals surface area contributed by atoms with Crippen LogP contribution in [-0.4, -0.2) is 29.2 Å². The van der Waals surface area contributed by atoms with Crippen molar-refractivity contribution in [2.24, 2.45) is 0 Å². The van der Waals surface area contributed by atoms with Crippen molar-refractivity contribution in [3.63, 3.8) is 0 Å². The maximum Gasteiger partial charge on any atom is 0.246 e. The molecule has 0 spiro atoms. The van der Waals surface area contributed by atoms with Gasteiger partial charge in [0.1, 0.15) is 16.5 Å². The van der Waals surface area contributed by atoms with Gasteiger partial charge in [-0.3, -0.25) is 0 Å². The number of hydrogen-bond acceptors (Lipinski definition) is 3. The average Bonchev–Trinajstić information content (AvgIpc) is 3.10. The molecule has 0 saturated carbocycles. The van der Waals surface area contributed by atoms with Gasteiger partial charge in [-0.25, -0.2) is 17.8 Å². The maximum atomic E-state index is 13.9. The third kappa shape index (κ3) is 2.56. The average molecular weight is 330 g/mol. The maximum absolute atomic E-state index is 13.9. The molecule has 1 atom stereocenters. The highest BCUT2D eigenvalue weighted by Gasteiger charge is 2.38. The summed E-state index contributed by atoms with van der Waals surface area (Å²) in [6, 6.07) is 3.13. The van der Waals surface area contributed by atoms with Gasteiger partial charge in [0.25, 0.3) is 0 Å². The molecule has 1 unspecified atom stereocenters. The molecule has 1 aromatic carbocycles. The zero-order valence-corrected chi connectivity index (χ0v) is 12.5. The molecule has 0 amide bonds. The molecule has 1 aliphatic rings. The zero-order chi connectivity index (χ0) is 15.0. The molecule has 1 saturated heterocycles. The molecule has 0 aliphatic carbocycles. The van der Waals surface area contributed by atoms with Crippen LogP contribution in [0.1, 0.15) is 24.7 Å². The number of aromatic amines is 1. The number of benzene rings is 1. The SMILES string of the molecule is O=S(=O)(c1cc(Cl)ccc1F)N1CCCC1c1ncc[nH]1. The van der Waals surface area contributed by atoms with E-state index in [1.807, 2.05) is 0 Å². The Kier molecular flexibility index (Phi) is 3.73. The number of H-pyrrole nitrogens is 1. The molecule has 2 aromatic rings. The Morgan fingerprint density at radius 2 is 2.24 bits per heavy atom. The highest BCUT2D eigenvalue weighted by Crippen LogP contribution is 2.36. The summed E-state index contributed by atoms with van der Waals surface area (Å²) in [5.41, 5.74) is 0. The number of aromatic nitrogens is 2. The molecule has 1 fully saturated rings. The van der Waals surface area contributed by atoms with Gasteiger partial charge >= 0.3 is 0 Å². The van der Waals surface area contributed by atoms with Gasteiger partial charge < -0.3 is 4.98 Å². The Morgan fingerprint density at radius 1 is 1.43 bits per heavy atom. The number of nitrogens with one attached hydrogen (secondary N) is 1.